The second-order valence-electron chi connectivity index (χ2n) is 4.24. The van der Waals surface area contributed by atoms with Crippen LogP contribution >= 0.6 is 27.3 Å². The third kappa shape index (κ3) is 4.03. The predicted octanol–water partition coefficient (Wildman–Crippen LogP) is 2.32. The summed E-state index contributed by atoms with van der Waals surface area (Å²) in [7, 11) is 0. The van der Waals surface area contributed by atoms with E-state index in [4.69, 9.17) is 4.74 Å². The molecular weight excluding hydrogens is 300 g/mol. The molecule has 5 heteroatoms. The standard InChI is InChI=1S/C12H19BrN2OS/c1-2-14-6-11-8-16-4-3-15(11)7-12-5-10(13)9-17-12/h5,9,11,14H,2-4,6-8H2,1H3. The number of nitrogens with one attached hydrogen (secondary N) is 1. The first-order valence-electron chi connectivity index (χ1n) is 6.05. The monoisotopic (exact) mass is 318 g/mol. The number of rotatable bonds is 5. The number of hydrogen-bond donors (Lipinski definition) is 1. The lowest BCUT2D eigenvalue weighted by atomic mass is 10.2. The Kier molecular flexibility index (Phi) is 5.44. The van der Waals surface area contributed by atoms with Crippen molar-refractivity contribution in [2.24, 2.45) is 0 Å². The van der Waals surface area contributed by atoms with Crippen molar-refractivity contribution in [3.8, 4) is 0 Å². The summed E-state index contributed by atoms with van der Waals surface area (Å²) in [5.74, 6) is 0. The van der Waals surface area contributed by atoms with Gasteiger partial charge in [-0.25, -0.2) is 0 Å². The third-order valence-electron chi connectivity index (χ3n) is 2.96. The Morgan fingerprint density at radius 2 is 2.53 bits per heavy atom. The van der Waals surface area contributed by atoms with Gasteiger partial charge in [-0.2, -0.15) is 0 Å². The van der Waals surface area contributed by atoms with E-state index in [1.54, 1.807) is 0 Å². The fraction of sp³-hybridized carbons (Fsp3) is 0.667. The smallest absolute Gasteiger partial charge is 0.0635 e. The van der Waals surface area contributed by atoms with Gasteiger partial charge in [-0.3, -0.25) is 4.90 Å². The van der Waals surface area contributed by atoms with Crippen LogP contribution in [0.1, 0.15) is 11.8 Å². The first kappa shape index (κ1) is 13.5. The van der Waals surface area contributed by atoms with Crippen LogP contribution in [0.4, 0.5) is 0 Å². The zero-order valence-electron chi connectivity index (χ0n) is 10.1. The molecule has 1 aromatic heterocycles. The summed E-state index contributed by atoms with van der Waals surface area (Å²) in [6.45, 7) is 7.96. The van der Waals surface area contributed by atoms with Gasteiger partial charge >= 0.3 is 0 Å². The summed E-state index contributed by atoms with van der Waals surface area (Å²) in [6.07, 6.45) is 0. The molecule has 96 valence electrons. The fourth-order valence-electron chi connectivity index (χ4n) is 2.03. The van der Waals surface area contributed by atoms with Gasteiger partial charge in [0.05, 0.1) is 13.2 Å². The second-order valence-corrected chi connectivity index (χ2v) is 6.15. The van der Waals surface area contributed by atoms with E-state index in [-0.39, 0.29) is 0 Å². The topological polar surface area (TPSA) is 24.5 Å². The summed E-state index contributed by atoms with van der Waals surface area (Å²) in [4.78, 5) is 3.94. The molecule has 1 fully saturated rings. The van der Waals surface area contributed by atoms with E-state index in [2.05, 4.69) is 44.5 Å². The van der Waals surface area contributed by atoms with E-state index >= 15 is 0 Å². The number of hydrogen-bond acceptors (Lipinski definition) is 4. The lowest BCUT2D eigenvalue weighted by molar-refractivity contribution is -0.0103. The maximum Gasteiger partial charge on any atom is 0.0635 e. The van der Waals surface area contributed by atoms with Gasteiger partial charge in [0.1, 0.15) is 0 Å². The zero-order valence-corrected chi connectivity index (χ0v) is 12.5. The minimum atomic E-state index is 0.504. The van der Waals surface area contributed by atoms with Gasteiger partial charge in [0.2, 0.25) is 0 Å². The summed E-state index contributed by atoms with van der Waals surface area (Å²) in [6, 6.07) is 2.72. The number of nitrogens with zero attached hydrogens (tertiary/aromatic N) is 1. The van der Waals surface area contributed by atoms with Crippen LogP contribution in [0.3, 0.4) is 0 Å². The van der Waals surface area contributed by atoms with Gasteiger partial charge in [-0.05, 0) is 28.5 Å². The minimum Gasteiger partial charge on any atom is -0.378 e. The van der Waals surface area contributed by atoms with E-state index in [1.807, 2.05) is 11.3 Å². The minimum absolute atomic E-state index is 0.504. The van der Waals surface area contributed by atoms with Crippen LogP contribution in [0.25, 0.3) is 0 Å². The maximum absolute atomic E-state index is 5.56. The number of halogens is 1. The highest BCUT2D eigenvalue weighted by Crippen LogP contribution is 2.22. The van der Waals surface area contributed by atoms with Crippen LogP contribution in [0, 0.1) is 0 Å². The summed E-state index contributed by atoms with van der Waals surface area (Å²) in [5, 5.41) is 5.56. The Morgan fingerprint density at radius 3 is 3.24 bits per heavy atom. The Labute approximate surface area is 115 Å². The number of morpholine rings is 1. The molecule has 3 nitrogen and oxygen atoms in total. The van der Waals surface area contributed by atoms with Crippen LogP contribution in [0.15, 0.2) is 15.9 Å². The molecule has 0 aliphatic carbocycles. The molecule has 1 N–H and O–H groups in total. The lowest BCUT2D eigenvalue weighted by Crippen LogP contribution is -2.49. The van der Waals surface area contributed by atoms with E-state index in [0.717, 1.165) is 39.4 Å². The van der Waals surface area contributed by atoms with Crippen LogP contribution in [-0.4, -0.2) is 43.8 Å². The quantitative estimate of drug-likeness (QED) is 0.901. The highest BCUT2D eigenvalue weighted by molar-refractivity contribution is 9.10. The molecule has 17 heavy (non-hydrogen) atoms. The largest absolute Gasteiger partial charge is 0.378 e. The van der Waals surface area contributed by atoms with Gasteiger partial charge in [0.25, 0.3) is 0 Å². The molecule has 0 saturated carbocycles. The average molecular weight is 319 g/mol. The van der Waals surface area contributed by atoms with Crippen molar-refractivity contribution >= 4 is 27.3 Å². The Morgan fingerprint density at radius 1 is 1.65 bits per heavy atom. The molecule has 2 heterocycles. The summed E-state index contributed by atoms with van der Waals surface area (Å²) < 4.78 is 6.75. The molecule has 0 amide bonds. The Bertz CT molecular complexity index is 345. The van der Waals surface area contributed by atoms with Gasteiger partial charge in [0.15, 0.2) is 0 Å². The van der Waals surface area contributed by atoms with E-state index in [1.165, 1.54) is 9.35 Å². The highest BCUT2D eigenvalue weighted by atomic mass is 79.9. The molecule has 1 aliphatic heterocycles. The average Bonchev–Trinajstić information content (AvgIpc) is 2.74. The normalized spacial score (nSPS) is 21.9. The molecule has 1 atom stereocenters. The van der Waals surface area contributed by atoms with E-state index in [9.17, 15) is 0 Å². The molecule has 0 bridgehead atoms. The molecule has 0 spiro atoms. The number of likely N-dealkylation sites (N-methyl/N-ethyl adjacent to an activating group) is 1. The van der Waals surface area contributed by atoms with Gasteiger partial charge in [0, 0.05) is 40.4 Å². The van der Waals surface area contributed by atoms with Crippen LogP contribution in [-0.2, 0) is 11.3 Å². The molecule has 1 saturated heterocycles. The van der Waals surface area contributed by atoms with E-state index < -0.39 is 0 Å². The molecule has 2 rings (SSSR count). The molecule has 0 aromatic carbocycles. The van der Waals surface area contributed by atoms with E-state index in [0.29, 0.717) is 6.04 Å². The summed E-state index contributed by atoms with van der Waals surface area (Å²) >= 11 is 5.33. The first-order valence-corrected chi connectivity index (χ1v) is 7.72. The van der Waals surface area contributed by atoms with Crippen molar-refractivity contribution in [1.29, 1.82) is 0 Å². The van der Waals surface area contributed by atoms with Crippen molar-refractivity contribution in [2.75, 3.05) is 32.8 Å². The lowest BCUT2D eigenvalue weighted by Gasteiger charge is -2.35. The molecule has 1 unspecified atom stereocenters. The van der Waals surface area contributed by atoms with Crippen molar-refractivity contribution in [3.05, 3.63) is 20.8 Å². The molecule has 1 aromatic rings. The highest BCUT2D eigenvalue weighted by Gasteiger charge is 2.22. The SMILES string of the molecule is CCNCC1COCCN1Cc1cc(Br)cs1. The zero-order chi connectivity index (χ0) is 12.1. The Hall–Kier alpha value is 0.0600. The van der Waals surface area contributed by atoms with Crippen LogP contribution in [0.5, 0.6) is 0 Å². The number of ether oxygens (including phenoxy) is 1. The van der Waals surface area contributed by atoms with Crippen molar-refractivity contribution in [3.63, 3.8) is 0 Å². The Balaban J connectivity index is 1.91. The molecular formula is C12H19BrN2OS. The number of thiophene rings is 1. The predicted molar refractivity (Wildman–Crippen MR) is 75.6 cm³/mol. The van der Waals surface area contributed by atoms with Crippen LogP contribution < -0.4 is 5.32 Å². The second kappa shape index (κ2) is 6.85. The maximum atomic E-state index is 5.56. The third-order valence-corrected chi connectivity index (χ3v) is 4.64. The van der Waals surface area contributed by atoms with Crippen molar-refractivity contribution in [1.82, 2.24) is 10.2 Å². The van der Waals surface area contributed by atoms with Gasteiger partial charge in [-0.15, -0.1) is 11.3 Å². The van der Waals surface area contributed by atoms with Crippen molar-refractivity contribution in [2.45, 2.75) is 19.5 Å². The first-order chi connectivity index (χ1) is 8.29. The van der Waals surface area contributed by atoms with Crippen molar-refractivity contribution < 1.29 is 4.74 Å². The molecule has 1 aliphatic rings. The molecule has 0 radical (unpaired) electrons. The van der Waals surface area contributed by atoms with Crippen LogP contribution in [0.2, 0.25) is 0 Å². The summed E-state index contributed by atoms with van der Waals surface area (Å²) in [5.41, 5.74) is 0. The van der Waals surface area contributed by atoms with Gasteiger partial charge < -0.3 is 10.1 Å². The van der Waals surface area contributed by atoms with Gasteiger partial charge in [-0.1, -0.05) is 6.92 Å². The fourth-order valence-corrected chi connectivity index (χ4v) is 3.51.